The van der Waals surface area contributed by atoms with Gasteiger partial charge in [0.05, 0.1) is 11.8 Å². The topological polar surface area (TPSA) is 82.9 Å². The SMILES string of the molecule is Cc1c2cc[n+](CCCCCC(=O)NS(C)(=O)=O)cc2c(C)c2c1[nH]c1ccccc12.[Br-]. The molecule has 0 aliphatic carbocycles. The monoisotopic (exact) mass is 517 g/mol. The Bertz CT molecular complexity index is 1410. The van der Waals surface area contributed by atoms with Gasteiger partial charge in [-0.1, -0.05) is 18.2 Å². The number of hydrogen-bond acceptors (Lipinski definition) is 3. The van der Waals surface area contributed by atoms with E-state index >= 15 is 0 Å². The number of aryl methyl sites for hydroxylation is 3. The Morgan fingerprint density at radius 3 is 2.50 bits per heavy atom. The van der Waals surface area contributed by atoms with Gasteiger partial charge in [-0.3, -0.25) is 9.52 Å². The number of sulfonamides is 1. The molecule has 2 aromatic heterocycles. The zero-order valence-corrected chi connectivity index (χ0v) is 20.9. The number of nitrogens with zero attached hydrogens (tertiary/aromatic N) is 1. The number of pyridine rings is 1. The number of amides is 1. The summed E-state index contributed by atoms with van der Waals surface area (Å²) in [6, 6.07) is 10.6. The summed E-state index contributed by atoms with van der Waals surface area (Å²) in [4.78, 5) is 15.2. The summed E-state index contributed by atoms with van der Waals surface area (Å²) < 4.78 is 26.4. The summed E-state index contributed by atoms with van der Waals surface area (Å²) >= 11 is 0. The van der Waals surface area contributed by atoms with E-state index in [2.05, 4.69) is 66.1 Å². The van der Waals surface area contributed by atoms with E-state index in [-0.39, 0.29) is 23.4 Å². The van der Waals surface area contributed by atoms with Crippen molar-refractivity contribution in [2.45, 2.75) is 46.1 Å². The van der Waals surface area contributed by atoms with E-state index in [9.17, 15) is 13.2 Å². The Morgan fingerprint density at radius 2 is 1.75 bits per heavy atom. The summed E-state index contributed by atoms with van der Waals surface area (Å²) in [5, 5.41) is 5.05. The fourth-order valence-corrected chi connectivity index (χ4v) is 4.92. The van der Waals surface area contributed by atoms with Crippen molar-refractivity contribution in [1.29, 1.82) is 0 Å². The van der Waals surface area contributed by atoms with Gasteiger partial charge in [-0.05, 0) is 49.3 Å². The summed E-state index contributed by atoms with van der Waals surface area (Å²) in [5.74, 6) is -0.435. The van der Waals surface area contributed by atoms with Crippen molar-refractivity contribution in [3.63, 3.8) is 0 Å². The average Bonchev–Trinajstić information content (AvgIpc) is 3.10. The molecular weight excluding hydrogens is 490 g/mol. The Balaban J connectivity index is 0.00000289. The highest BCUT2D eigenvalue weighted by Gasteiger charge is 2.16. The van der Waals surface area contributed by atoms with Crippen LogP contribution in [0.3, 0.4) is 0 Å². The third-order valence-corrected chi connectivity index (χ3v) is 6.50. The highest BCUT2D eigenvalue weighted by molar-refractivity contribution is 7.89. The highest BCUT2D eigenvalue weighted by atomic mass is 79.9. The summed E-state index contributed by atoms with van der Waals surface area (Å²) in [7, 11) is -3.47. The Kier molecular flexibility index (Phi) is 7.25. The number of carbonyl (C=O) groups excluding carboxylic acids is 1. The maximum Gasteiger partial charge on any atom is 0.233 e. The lowest BCUT2D eigenvalue weighted by Gasteiger charge is -2.08. The molecule has 0 saturated carbocycles. The number of H-pyrrole nitrogens is 1. The van der Waals surface area contributed by atoms with Crippen molar-refractivity contribution >= 4 is 48.5 Å². The Morgan fingerprint density at radius 1 is 1.00 bits per heavy atom. The zero-order valence-electron chi connectivity index (χ0n) is 18.5. The molecule has 1 amide bonds. The summed E-state index contributed by atoms with van der Waals surface area (Å²) in [5.41, 5.74) is 4.90. The third kappa shape index (κ3) is 4.96. The number of rotatable bonds is 7. The molecule has 32 heavy (non-hydrogen) atoms. The first kappa shape index (κ1) is 24.2. The summed E-state index contributed by atoms with van der Waals surface area (Å²) in [6.07, 6.45) is 8.01. The van der Waals surface area contributed by atoms with Crippen molar-refractivity contribution in [2.75, 3.05) is 6.26 Å². The molecule has 4 rings (SSSR count). The third-order valence-electron chi connectivity index (χ3n) is 5.90. The lowest BCUT2D eigenvalue weighted by atomic mass is 9.97. The van der Waals surface area contributed by atoms with Gasteiger partial charge in [0.1, 0.15) is 6.54 Å². The highest BCUT2D eigenvalue weighted by Crippen LogP contribution is 2.35. The van der Waals surface area contributed by atoms with Crippen LogP contribution in [0.1, 0.15) is 36.8 Å². The van der Waals surface area contributed by atoms with E-state index in [1.807, 2.05) is 4.72 Å². The van der Waals surface area contributed by atoms with Crippen LogP contribution < -0.4 is 26.3 Å². The molecule has 0 bridgehead atoms. The van der Waals surface area contributed by atoms with Crippen molar-refractivity contribution in [1.82, 2.24) is 9.71 Å². The van der Waals surface area contributed by atoms with E-state index in [1.165, 1.54) is 38.2 Å². The predicted molar refractivity (Wildman–Crippen MR) is 124 cm³/mol. The normalized spacial score (nSPS) is 11.7. The number of nitrogens with one attached hydrogen (secondary N) is 2. The first-order chi connectivity index (χ1) is 14.7. The molecule has 2 heterocycles. The van der Waals surface area contributed by atoms with Crippen LogP contribution >= 0.6 is 0 Å². The van der Waals surface area contributed by atoms with Crippen LogP contribution in [-0.4, -0.2) is 25.6 Å². The second-order valence-electron chi connectivity index (χ2n) is 8.29. The number of carbonyl (C=O) groups is 1. The Hall–Kier alpha value is -2.45. The maximum absolute atomic E-state index is 11.6. The van der Waals surface area contributed by atoms with Crippen molar-refractivity contribution < 1.29 is 34.8 Å². The van der Waals surface area contributed by atoms with Gasteiger partial charge >= 0.3 is 0 Å². The molecular formula is C24H28BrN3O3S. The van der Waals surface area contributed by atoms with Gasteiger partial charge in [0, 0.05) is 40.6 Å². The quantitative estimate of drug-likeness (QED) is 0.283. The minimum Gasteiger partial charge on any atom is -1.00 e. The number of fused-ring (bicyclic) bond motifs is 4. The number of aromatic amines is 1. The summed E-state index contributed by atoms with van der Waals surface area (Å²) in [6.45, 7) is 5.22. The van der Waals surface area contributed by atoms with Crippen molar-refractivity contribution in [3.05, 3.63) is 53.9 Å². The van der Waals surface area contributed by atoms with Gasteiger partial charge in [-0.25, -0.2) is 13.0 Å². The smallest absolute Gasteiger partial charge is 0.233 e. The van der Waals surface area contributed by atoms with Crippen molar-refractivity contribution in [3.8, 4) is 0 Å². The first-order valence-corrected chi connectivity index (χ1v) is 12.5. The largest absolute Gasteiger partial charge is 1.00 e. The molecule has 0 atom stereocenters. The van der Waals surface area contributed by atoms with Crippen LogP contribution in [0.4, 0.5) is 0 Å². The lowest BCUT2D eigenvalue weighted by Crippen LogP contribution is -3.00. The first-order valence-electron chi connectivity index (χ1n) is 10.6. The van der Waals surface area contributed by atoms with E-state index in [1.54, 1.807) is 0 Å². The minimum atomic E-state index is -3.47. The molecule has 0 aliphatic heterocycles. The molecule has 4 aromatic rings. The van der Waals surface area contributed by atoms with Gasteiger partial charge in [-0.15, -0.1) is 0 Å². The number of halogens is 1. The average molecular weight is 518 g/mol. The van der Waals surface area contributed by atoms with Gasteiger partial charge < -0.3 is 22.0 Å². The fraction of sp³-hybridized carbons (Fsp3) is 0.333. The molecule has 170 valence electrons. The fourth-order valence-electron chi connectivity index (χ4n) is 4.40. The van der Waals surface area contributed by atoms with Gasteiger partial charge in [0.2, 0.25) is 15.9 Å². The molecule has 8 heteroatoms. The minimum absolute atomic E-state index is 0. The van der Waals surface area contributed by atoms with E-state index in [0.717, 1.165) is 31.2 Å². The molecule has 6 nitrogen and oxygen atoms in total. The molecule has 2 aromatic carbocycles. The van der Waals surface area contributed by atoms with E-state index in [4.69, 9.17) is 0 Å². The van der Waals surface area contributed by atoms with Crippen LogP contribution in [0.15, 0.2) is 42.7 Å². The van der Waals surface area contributed by atoms with Crippen LogP contribution in [0.2, 0.25) is 0 Å². The molecule has 0 aliphatic rings. The van der Waals surface area contributed by atoms with Crippen LogP contribution in [0, 0.1) is 13.8 Å². The van der Waals surface area contributed by atoms with Crippen LogP contribution in [-0.2, 0) is 21.4 Å². The van der Waals surface area contributed by atoms with Gasteiger partial charge in [-0.2, -0.15) is 0 Å². The molecule has 0 spiro atoms. The predicted octanol–water partition coefficient (Wildman–Crippen LogP) is 1.02. The molecule has 0 fully saturated rings. The van der Waals surface area contributed by atoms with Crippen LogP contribution in [0.5, 0.6) is 0 Å². The molecule has 0 saturated heterocycles. The number of para-hydroxylation sites is 1. The molecule has 2 N–H and O–H groups in total. The number of benzene rings is 2. The number of unbranched alkanes of at least 4 members (excludes halogenated alkanes) is 2. The molecule has 0 radical (unpaired) electrons. The lowest BCUT2D eigenvalue weighted by molar-refractivity contribution is -0.696. The second kappa shape index (κ2) is 9.58. The van der Waals surface area contributed by atoms with Gasteiger partial charge in [0.15, 0.2) is 12.4 Å². The zero-order chi connectivity index (χ0) is 22.2. The maximum atomic E-state index is 11.6. The van der Waals surface area contributed by atoms with Crippen LogP contribution in [0.25, 0.3) is 32.6 Å². The number of aromatic nitrogens is 2. The number of hydrogen-bond donors (Lipinski definition) is 2. The van der Waals surface area contributed by atoms with Gasteiger partial charge in [0.25, 0.3) is 0 Å². The van der Waals surface area contributed by atoms with E-state index in [0.29, 0.717) is 6.42 Å². The second-order valence-corrected chi connectivity index (χ2v) is 10.0. The molecule has 0 unspecified atom stereocenters. The van der Waals surface area contributed by atoms with E-state index < -0.39 is 15.9 Å². The Labute approximate surface area is 198 Å². The standard InChI is InChI=1S/C24H27N3O3S.BrH/c1-16-20-15-27(13-8-4-5-11-22(28)26-31(3,29)30)14-12-18(20)17(2)24-23(16)19-9-6-7-10-21(19)25-24;/h6-7,9-10,12,14-15H,4-5,8,11,13H2,1-3H3,(H,26,28);1H. The van der Waals surface area contributed by atoms with Crippen molar-refractivity contribution in [2.24, 2.45) is 0 Å².